The second-order valence-electron chi connectivity index (χ2n) is 4.26. The number of nitrogens with one attached hydrogen (secondary N) is 1. The molecule has 92 valence electrons. The van der Waals surface area contributed by atoms with Crippen LogP contribution in [0, 0.1) is 0 Å². The second-order valence-corrected chi connectivity index (χ2v) is 4.26. The molecule has 2 rings (SSSR count). The fraction of sp³-hybridized carbons (Fsp3) is 0.545. The van der Waals surface area contributed by atoms with E-state index < -0.39 is 0 Å². The summed E-state index contributed by atoms with van der Waals surface area (Å²) in [4.78, 5) is 21.7. The van der Waals surface area contributed by atoms with Gasteiger partial charge in [-0.1, -0.05) is 0 Å². The standard InChI is InChI=1S/C11H17N5O/c12-9-3-1-6-16(7-9)8-10(17)15-11-13-4-2-5-14-11/h2,4-5,9H,1,3,6-8,12H2,(H,13,14,15,17)/t9-/m1/s1. The number of hydrogen-bond acceptors (Lipinski definition) is 5. The van der Waals surface area contributed by atoms with E-state index in [1.807, 2.05) is 0 Å². The highest BCUT2D eigenvalue weighted by molar-refractivity contribution is 5.90. The Morgan fingerprint density at radius 1 is 1.53 bits per heavy atom. The maximum atomic E-state index is 11.7. The summed E-state index contributed by atoms with van der Waals surface area (Å²) in [5.41, 5.74) is 5.86. The molecular formula is C11H17N5O. The third-order valence-electron chi connectivity index (χ3n) is 2.73. The van der Waals surface area contributed by atoms with Gasteiger partial charge in [0, 0.05) is 25.0 Å². The lowest BCUT2D eigenvalue weighted by Crippen LogP contribution is -2.45. The highest BCUT2D eigenvalue weighted by atomic mass is 16.2. The number of carbonyl (C=O) groups excluding carboxylic acids is 1. The van der Waals surface area contributed by atoms with Crippen molar-refractivity contribution in [2.75, 3.05) is 25.0 Å². The van der Waals surface area contributed by atoms with Crippen LogP contribution in [-0.4, -0.2) is 46.5 Å². The van der Waals surface area contributed by atoms with Crippen molar-refractivity contribution in [1.29, 1.82) is 0 Å². The van der Waals surface area contributed by atoms with Crippen molar-refractivity contribution >= 4 is 11.9 Å². The fourth-order valence-electron chi connectivity index (χ4n) is 1.97. The van der Waals surface area contributed by atoms with Crippen molar-refractivity contribution in [2.24, 2.45) is 5.73 Å². The van der Waals surface area contributed by atoms with Gasteiger partial charge < -0.3 is 5.73 Å². The summed E-state index contributed by atoms with van der Waals surface area (Å²) < 4.78 is 0. The van der Waals surface area contributed by atoms with Crippen LogP contribution in [0.4, 0.5) is 5.95 Å². The highest BCUT2D eigenvalue weighted by Crippen LogP contribution is 2.07. The number of carbonyl (C=O) groups is 1. The summed E-state index contributed by atoms with van der Waals surface area (Å²) in [5.74, 6) is 0.254. The zero-order valence-corrected chi connectivity index (χ0v) is 9.67. The van der Waals surface area contributed by atoms with Crippen LogP contribution in [0.5, 0.6) is 0 Å². The normalized spacial score (nSPS) is 21.1. The molecule has 1 aromatic heterocycles. The predicted octanol–water partition coefficient (Wildman–Crippen LogP) is -0.162. The van der Waals surface area contributed by atoms with Crippen molar-refractivity contribution in [3.05, 3.63) is 18.5 Å². The quantitative estimate of drug-likeness (QED) is 0.760. The number of hydrogen-bond donors (Lipinski definition) is 2. The van der Waals surface area contributed by atoms with E-state index in [4.69, 9.17) is 5.73 Å². The first-order chi connectivity index (χ1) is 8.24. The predicted molar refractivity (Wildman–Crippen MR) is 64.3 cm³/mol. The van der Waals surface area contributed by atoms with Gasteiger partial charge in [-0.05, 0) is 25.5 Å². The zero-order valence-electron chi connectivity index (χ0n) is 9.67. The minimum atomic E-state index is -0.0923. The number of piperidine rings is 1. The minimum Gasteiger partial charge on any atom is -0.327 e. The molecule has 0 bridgehead atoms. The molecule has 2 heterocycles. The van der Waals surface area contributed by atoms with Crippen LogP contribution in [0.25, 0.3) is 0 Å². The topological polar surface area (TPSA) is 84.1 Å². The summed E-state index contributed by atoms with van der Waals surface area (Å²) in [7, 11) is 0. The Kier molecular flexibility index (Phi) is 4.00. The van der Waals surface area contributed by atoms with Crippen LogP contribution in [0.1, 0.15) is 12.8 Å². The Bertz CT molecular complexity index is 369. The number of aromatic nitrogens is 2. The number of likely N-dealkylation sites (tertiary alicyclic amines) is 1. The Balaban J connectivity index is 1.81. The monoisotopic (exact) mass is 235 g/mol. The summed E-state index contributed by atoms with van der Waals surface area (Å²) in [5, 5.41) is 2.66. The summed E-state index contributed by atoms with van der Waals surface area (Å²) >= 11 is 0. The molecule has 6 heteroatoms. The highest BCUT2D eigenvalue weighted by Gasteiger charge is 2.18. The molecule has 0 aliphatic carbocycles. The van der Waals surface area contributed by atoms with Gasteiger partial charge in [0.25, 0.3) is 0 Å². The van der Waals surface area contributed by atoms with E-state index in [2.05, 4.69) is 20.2 Å². The van der Waals surface area contributed by atoms with E-state index in [9.17, 15) is 4.79 Å². The van der Waals surface area contributed by atoms with Crippen molar-refractivity contribution in [2.45, 2.75) is 18.9 Å². The van der Waals surface area contributed by atoms with Crippen LogP contribution in [-0.2, 0) is 4.79 Å². The lowest BCUT2D eigenvalue weighted by Gasteiger charge is -2.29. The molecule has 1 fully saturated rings. The Morgan fingerprint density at radius 3 is 3.00 bits per heavy atom. The van der Waals surface area contributed by atoms with E-state index in [0.717, 1.165) is 25.9 Å². The molecule has 0 unspecified atom stereocenters. The molecule has 17 heavy (non-hydrogen) atoms. The molecule has 3 N–H and O–H groups in total. The van der Waals surface area contributed by atoms with Crippen LogP contribution in [0.3, 0.4) is 0 Å². The second kappa shape index (κ2) is 5.70. The molecule has 0 saturated carbocycles. The minimum absolute atomic E-state index is 0.0923. The van der Waals surface area contributed by atoms with Gasteiger partial charge >= 0.3 is 0 Å². The number of nitrogens with two attached hydrogens (primary N) is 1. The van der Waals surface area contributed by atoms with Gasteiger partial charge in [-0.2, -0.15) is 0 Å². The van der Waals surface area contributed by atoms with Gasteiger partial charge in [-0.15, -0.1) is 0 Å². The number of nitrogens with zero attached hydrogens (tertiary/aromatic N) is 3. The van der Waals surface area contributed by atoms with Gasteiger partial charge in [0.1, 0.15) is 0 Å². The summed E-state index contributed by atoms with van der Waals surface area (Å²) in [6.07, 6.45) is 5.29. The smallest absolute Gasteiger partial charge is 0.240 e. The van der Waals surface area contributed by atoms with E-state index >= 15 is 0 Å². The van der Waals surface area contributed by atoms with E-state index in [0.29, 0.717) is 12.5 Å². The third-order valence-corrected chi connectivity index (χ3v) is 2.73. The third kappa shape index (κ3) is 3.76. The van der Waals surface area contributed by atoms with Crippen LogP contribution < -0.4 is 11.1 Å². The first-order valence-corrected chi connectivity index (χ1v) is 5.79. The average molecular weight is 235 g/mol. The zero-order chi connectivity index (χ0) is 12.1. The maximum absolute atomic E-state index is 11.7. The maximum Gasteiger partial charge on any atom is 0.240 e. The lowest BCUT2D eigenvalue weighted by atomic mass is 10.1. The van der Waals surface area contributed by atoms with E-state index in [1.165, 1.54) is 0 Å². The largest absolute Gasteiger partial charge is 0.327 e. The summed E-state index contributed by atoms with van der Waals surface area (Å²) in [6, 6.07) is 1.89. The number of anilines is 1. The molecule has 1 aliphatic heterocycles. The molecular weight excluding hydrogens is 218 g/mol. The Hall–Kier alpha value is -1.53. The van der Waals surface area contributed by atoms with E-state index in [1.54, 1.807) is 18.5 Å². The first-order valence-electron chi connectivity index (χ1n) is 5.79. The lowest BCUT2D eigenvalue weighted by molar-refractivity contribution is -0.117. The first kappa shape index (κ1) is 11.9. The average Bonchev–Trinajstić information content (AvgIpc) is 2.30. The van der Waals surface area contributed by atoms with Gasteiger partial charge in [0.05, 0.1) is 6.54 Å². The van der Waals surface area contributed by atoms with Crippen molar-refractivity contribution in [3.63, 3.8) is 0 Å². The molecule has 0 spiro atoms. The Morgan fingerprint density at radius 2 is 2.29 bits per heavy atom. The van der Waals surface area contributed by atoms with Crippen LogP contribution in [0.2, 0.25) is 0 Å². The fourth-order valence-corrected chi connectivity index (χ4v) is 1.97. The molecule has 1 aromatic rings. The van der Waals surface area contributed by atoms with Gasteiger partial charge in [-0.25, -0.2) is 9.97 Å². The van der Waals surface area contributed by atoms with Gasteiger partial charge in [0.2, 0.25) is 11.9 Å². The molecule has 1 amide bonds. The molecule has 1 saturated heterocycles. The number of rotatable bonds is 3. The molecule has 1 aliphatic rings. The molecule has 6 nitrogen and oxygen atoms in total. The van der Waals surface area contributed by atoms with Gasteiger partial charge in [0.15, 0.2) is 0 Å². The van der Waals surface area contributed by atoms with Crippen molar-refractivity contribution in [1.82, 2.24) is 14.9 Å². The summed E-state index contributed by atoms with van der Waals surface area (Å²) in [6.45, 7) is 2.06. The van der Waals surface area contributed by atoms with Crippen LogP contribution in [0.15, 0.2) is 18.5 Å². The van der Waals surface area contributed by atoms with Crippen molar-refractivity contribution in [3.8, 4) is 0 Å². The van der Waals surface area contributed by atoms with E-state index in [-0.39, 0.29) is 11.9 Å². The molecule has 0 radical (unpaired) electrons. The Labute approximate surface area is 100 Å². The molecule has 1 atom stereocenters. The number of amides is 1. The molecule has 0 aromatic carbocycles. The van der Waals surface area contributed by atoms with Crippen molar-refractivity contribution < 1.29 is 4.79 Å². The van der Waals surface area contributed by atoms with Gasteiger partial charge in [-0.3, -0.25) is 15.0 Å². The van der Waals surface area contributed by atoms with Crippen LogP contribution >= 0.6 is 0 Å². The SMILES string of the molecule is N[C@@H]1CCCN(CC(=O)Nc2ncccn2)C1.